The Labute approximate surface area is 140 Å². The zero-order chi connectivity index (χ0) is 17.8. The number of halogens is 3. The van der Waals surface area contributed by atoms with Crippen molar-refractivity contribution in [2.45, 2.75) is 0 Å². The summed E-state index contributed by atoms with van der Waals surface area (Å²) < 4.78 is 40.1. The van der Waals surface area contributed by atoms with Crippen LogP contribution in [0, 0.1) is 17.5 Å². The van der Waals surface area contributed by atoms with Crippen LogP contribution in [0.25, 0.3) is 0 Å². The Balaban J connectivity index is 1.79. The number of aromatic nitrogens is 2. The van der Waals surface area contributed by atoms with Crippen LogP contribution in [0.3, 0.4) is 0 Å². The second-order valence-corrected chi connectivity index (χ2v) is 4.97. The predicted octanol–water partition coefficient (Wildman–Crippen LogP) is 3.89. The van der Waals surface area contributed by atoms with Crippen molar-refractivity contribution in [3.63, 3.8) is 0 Å². The summed E-state index contributed by atoms with van der Waals surface area (Å²) in [6, 6.07) is 10.0. The van der Waals surface area contributed by atoms with Crippen LogP contribution in [-0.4, -0.2) is 15.9 Å². The van der Waals surface area contributed by atoms with E-state index in [0.29, 0.717) is 6.07 Å². The molecule has 0 atom stereocenters. The van der Waals surface area contributed by atoms with Gasteiger partial charge in [0, 0.05) is 12.1 Å². The molecule has 0 unspecified atom stereocenters. The molecule has 1 heterocycles. The lowest BCUT2D eigenvalue weighted by atomic mass is 10.2. The number of nitrogens with zero attached hydrogens (tertiary/aromatic N) is 2. The van der Waals surface area contributed by atoms with E-state index < -0.39 is 23.4 Å². The van der Waals surface area contributed by atoms with Gasteiger partial charge in [0.25, 0.3) is 5.91 Å². The SMILES string of the molecule is O=C(Nc1ccc(F)cc1F)c1cc(Nc2ccccc2F)ncn1. The Morgan fingerprint density at radius 3 is 2.44 bits per heavy atom. The zero-order valence-electron chi connectivity index (χ0n) is 12.6. The molecule has 2 aromatic carbocycles. The minimum atomic E-state index is -0.910. The lowest BCUT2D eigenvalue weighted by Crippen LogP contribution is -2.15. The standard InChI is InChI=1S/C17H11F3N4O/c18-10-5-6-14(12(20)7-10)24-17(25)15-8-16(22-9-21-15)23-13-4-2-1-3-11(13)19/h1-9H,(H,24,25)(H,21,22,23). The fourth-order valence-corrected chi connectivity index (χ4v) is 2.03. The first kappa shape index (κ1) is 16.4. The van der Waals surface area contributed by atoms with Crippen LogP contribution < -0.4 is 10.6 Å². The molecule has 1 aromatic heterocycles. The average Bonchev–Trinajstić information content (AvgIpc) is 2.60. The van der Waals surface area contributed by atoms with Crippen molar-refractivity contribution in [3.8, 4) is 0 Å². The summed E-state index contributed by atoms with van der Waals surface area (Å²) in [5.41, 5.74) is -0.0803. The summed E-state index contributed by atoms with van der Waals surface area (Å²) in [4.78, 5) is 19.9. The van der Waals surface area contributed by atoms with Gasteiger partial charge in [-0.15, -0.1) is 0 Å². The molecular formula is C17H11F3N4O. The van der Waals surface area contributed by atoms with E-state index in [2.05, 4.69) is 20.6 Å². The van der Waals surface area contributed by atoms with Crippen molar-refractivity contribution in [1.82, 2.24) is 9.97 Å². The fraction of sp³-hybridized carbons (Fsp3) is 0. The normalized spacial score (nSPS) is 10.4. The zero-order valence-corrected chi connectivity index (χ0v) is 12.6. The molecule has 0 aliphatic carbocycles. The topological polar surface area (TPSA) is 66.9 Å². The Morgan fingerprint density at radius 1 is 0.880 bits per heavy atom. The Bertz CT molecular complexity index is 933. The molecule has 0 aliphatic rings. The second kappa shape index (κ2) is 7.00. The van der Waals surface area contributed by atoms with Crippen LogP contribution in [0.15, 0.2) is 54.9 Å². The van der Waals surface area contributed by atoms with Gasteiger partial charge < -0.3 is 10.6 Å². The third kappa shape index (κ3) is 3.92. The number of rotatable bonds is 4. The highest BCUT2D eigenvalue weighted by Crippen LogP contribution is 2.19. The Morgan fingerprint density at radius 2 is 1.68 bits per heavy atom. The minimum Gasteiger partial charge on any atom is -0.338 e. The Kier molecular flexibility index (Phi) is 4.60. The third-order valence-corrected chi connectivity index (χ3v) is 3.22. The molecule has 3 rings (SSSR count). The van der Waals surface area contributed by atoms with E-state index in [-0.39, 0.29) is 22.9 Å². The molecule has 0 aliphatic heterocycles. The predicted molar refractivity (Wildman–Crippen MR) is 86.0 cm³/mol. The van der Waals surface area contributed by atoms with Crippen LogP contribution in [0.1, 0.15) is 10.5 Å². The number of hydrogen-bond donors (Lipinski definition) is 2. The molecule has 0 fully saturated rings. The molecule has 25 heavy (non-hydrogen) atoms. The molecule has 0 saturated carbocycles. The second-order valence-electron chi connectivity index (χ2n) is 4.97. The number of para-hydroxylation sites is 1. The van der Waals surface area contributed by atoms with Crippen molar-refractivity contribution in [2.24, 2.45) is 0 Å². The lowest BCUT2D eigenvalue weighted by Gasteiger charge is -2.09. The molecule has 2 N–H and O–H groups in total. The van der Waals surface area contributed by atoms with E-state index in [4.69, 9.17) is 0 Å². The molecule has 0 radical (unpaired) electrons. The lowest BCUT2D eigenvalue weighted by molar-refractivity contribution is 0.102. The highest BCUT2D eigenvalue weighted by molar-refractivity contribution is 6.03. The van der Waals surface area contributed by atoms with Gasteiger partial charge in [-0.1, -0.05) is 12.1 Å². The monoisotopic (exact) mass is 344 g/mol. The molecular weight excluding hydrogens is 333 g/mol. The summed E-state index contributed by atoms with van der Waals surface area (Å²) in [5.74, 6) is -2.68. The molecule has 8 heteroatoms. The number of amides is 1. The summed E-state index contributed by atoms with van der Waals surface area (Å²) in [6.45, 7) is 0. The smallest absolute Gasteiger partial charge is 0.274 e. The van der Waals surface area contributed by atoms with Gasteiger partial charge in [-0.2, -0.15) is 0 Å². The molecule has 0 bridgehead atoms. The number of anilines is 3. The van der Waals surface area contributed by atoms with Gasteiger partial charge in [0.15, 0.2) is 0 Å². The fourth-order valence-electron chi connectivity index (χ4n) is 2.03. The van der Waals surface area contributed by atoms with Gasteiger partial charge in [-0.05, 0) is 24.3 Å². The summed E-state index contributed by atoms with van der Waals surface area (Å²) >= 11 is 0. The largest absolute Gasteiger partial charge is 0.338 e. The van der Waals surface area contributed by atoms with Gasteiger partial charge in [-0.3, -0.25) is 4.79 Å². The number of carbonyl (C=O) groups is 1. The van der Waals surface area contributed by atoms with E-state index in [1.54, 1.807) is 6.07 Å². The number of benzene rings is 2. The van der Waals surface area contributed by atoms with Gasteiger partial charge in [0.05, 0.1) is 11.4 Å². The summed E-state index contributed by atoms with van der Waals surface area (Å²) in [5, 5.41) is 5.00. The summed E-state index contributed by atoms with van der Waals surface area (Å²) in [7, 11) is 0. The first-order valence-electron chi connectivity index (χ1n) is 7.13. The van der Waals surface area contributed by atoms with Crippen molar-refractivity contribution in [3.05, 3.63) is 78.0 Å². The van der Waals surface area contributed by atoms with Crippen LogP contribution in [-0.2, 0) is 0 Å². The van der Waals surface area contributed by atoms with Gasteiger partial charge >= 0.3 is 0 Å². The molecule has 1 amide bonds. The van der Waals surface area contributed by atoms with E-state index >= 15 is 0 Å². The van der Waals surface area contributed by atoms with Crippen molar-refractivity contribution in [2.75, 3.05) is 10.6 Å². The maximum atomic E-state index is 13.6. The van der Waals surface area contributed by atoms with Gasteiger partial charge in [0.1, 0.15) is 35.3 Å². The highest BCUT2D eigenvalue weighted by atomic mass is 19.1. The van der Waals surface area contributed by atoms with Crippen molar-refractivity contribution >= 4 is 23.1 Å². The van der Waals surface area contributed by atoms with E-state index in [0.717, 1.165) is 18.5 Å². The third-order valence-electron chi connectivity index (χ3n) is 3.22. The number of hydrogen-bond acceptors (Lipinski definition) is 4. The number of nitrogens with one attached hydrogen (secondary N) is 2. The first-order valence-corrected chi connectivity index (χ1v) is 7.13. The van der Waals surface area contributed by atoms with Crippen LogP contribution in [0.5, 0.6) is 0 Å². The summed E-state index contributed by atoms with van der Waals surface area (Å²) in [6.07, 6.45) is 1.11. The van der Waals surface area contributed by atoms with Crippen molar-refractivity contribution < 1.29 is 18.0 Å². The van der Waals surface area contributed by atoms with Crippen LogP contribution in [0.4, 0.5) is 30.4 Å². The molecule has 0 spiro atoms. The molecule has 5 nitrogen and oxygen atoms in total. The van der Waals surface area contributed by atoms with Gasteiger partial charge in [0.2, 0.25) is 0 Å². The highest BCUT2D eigenvalue weighted by Gasteiger charge is 2.13. The maximum absolute atomic E-state index is 13.6. The van der Waals surface area contributed by atoms with Crippen LogP contribution in [0.2, 0.25) is 0 Å². The first-order chi connectivity index (χ1) is 12.0. The van der Waals surface area contributed by atoms with Gasteiger partial charge in [-0.25, -0.2) is 23.1 Å². The molecule has 0 saturated heterocycles. The molecule has 3 aromatic rings. The van der Waals surface area contributed by atoms with Crippen LogP contribution >= 0.6 is 0 Å². The van der Waals surface area contributed by atoms with Crippen molar-refractivity contribution in [1.29, 1.82) is 0 Å². The number of carbonyl (C=O) groups excluding carboxylic acids is 1. The molecule has 126 valence electrons. The van der Waals surface area contributed by atoms with E-state index in [1.165, 1.54) is 24.3 Å². The average molecular weight is 344 g/mol. The minimum absolute atomic E-state index is 0.0717. The Hall–Kier alpha value is -3.42. The van der Waals surface area contributed by atoms with E-state index in [9.17, 15) is 18.0 Å². The maximum Gasteiger partial charge on any atom is 0.274 e. The van der Waals surface area contributed by atoms with E-state index in [1.807, 2.05) is 0 Å². The quantitative estimate of drug-likeness (QED) is 0.753.